The van der Waals surface area contributed by atoms with Gasteiger partial charge in [0.25, 0.3) is 0 Å². The number of hydrogen-bond donors (Lipinski definition) is 2. The zero-order chi connectivity index (χ0) is 11.8. The van der Waals surface area contributed by atoms with Crippen molar-refractivity contribution in [2.24, 2.45) is 11.3 Å². The summed E-state index contributed by atoms with van der Waals surface area (Å²) in [5, 5.41) is 18.4. The Morgan fingerprint density at radius 3 is 2.53 bits per heavy atom. The van der Waals surface area contributed by atoms with Gasteiger partial charge in [-0.1, -0.05) is 20.8 Å². The molecule has 0 saturated heterocycles. The summed E-state index contributed by atoms with van der Waals surface area (Å²) in [5.74, 6) is -1.48. The van der Waals surface area contributed by atoms with Crippen LogP contribution in [0.25, 0.3) is 0 Å². The first-order valence-electron chi connectivity index (χ1n) is 4.93. The van der Waals surface area contributed by atoms with Gasteiger partial charge in [-0.3, -0.25) is 9.59 Å². The van der Waals surface area contributed by atoms with Crippen molar-refractivity contribution in [3.8, 4) is 0 Å². The lowest BCUT2D eigenvalue weighted by molar-refractivity contribution is -0.129. The maximum Gasteiger partial charge on any atom is 0.195 e. The van der Waals surface area contributed by atoms with E-state index < -0.39 is 17.8 Å². The Bertz CT molecular complexity index is 338. The molecule has 15 heavy (non-hydrogen) atoms. The fraction of sp³-hybridized carbons (Fsp3) is 0.636. The molecule has 0 spiro atoms. The quantitative estimate of drug-likeness (QED) is 0.669. The van der Waals surface area contributed by atoms with Gasteiger partial charge >= 0.3 is 0 Å². The van der Waals surface area contributed by atoms with Gasteiger partial charge in [-0.2, -0.15) is 0 Å². The van der Waals surface area contributed by atoms with E-state index in [1.807, 2.05) is 0 Å². The van der Waals surface area contributed by atoms with Crippen molar-refractivity contribution in [3.05, 3.63) is 11.3 Å². The molecule has 1 unspecified atom stereocenters. The first-order chi connectivity index (χ1) is 6.81. The molecule has 0 aromatic heterocycles. The SMILES string of the molecule is CC1CC(C)(C)C(=O)C(C(=O)CO)=C1O. The molecule has 4 nitrogen and oxygen atoms in total. The van der Waals surface area contributed by atoms with Crippen molar-refractivity contribution in [1.82, 2.24) is 0 Å². The van der Waals surface area contributed by atoms with Crippen LogP contribution in [0.15, 0.2) is 11.3 Å². The highest BCUT2D eigenvalue weighted by Gasteiger charge is 2.41. The normalized spacial score (nSPS) is 25.6. The fourth-order valence-electron chi connectivity index (χ4n) is 2.00. The Morgan fingerprint density at radius 1 is 1.53 bits per heavy atom. The van der Waals surface area contributed by atoms with Crippen LogP contribution in [-0.2, 0) is 9.59 Å². The third-order valence-corrected chi connectivity index (χ3v) is 2.80. The van der Waals surface area contributed by atoms with Crippen LogP contribution in [0.5, 0.6) is 0 Å². The highest BCUT2D eigenvalue weighted by Crippen LogP contribution is 2.38. The predicted molar refractivity (Wildman–Crippen MR) is 54.3 cm³/mol. The number of Topliss-reactive ketones (excluding diaryl/α,β-unsaturated/α-hetero) is 2. The molecule has 1 rings (SSSR count). The highest BCUT2D eigenvalue weighted by atomic mass is 16.3. The second-order valence-corrected chi connectivity index (χ2v) is 4.66. The number of aliphatic hydroxyl groups is 2. The molecule has 0 bridgehead atoms. The number of rotatable bonds is 2. The Hall–Kier alpha value is -1.16. The van der Waals surface area contributed by atoms with Crippen LogP contribution < -0.4 is 0 Å². The largest absolute Gasteiger partial charge is 0.511 e. The van der Waals surface area contributed by atoms with Crippen molar-refractivity contribution in [1.29, 1.82) is 0 Å². The standard InChI is InChI=1S/C11H16O4/c1-6-4-11(2,3)10(15)8(9(6)14)7(13)5-12/h6,12,14H,4-5H2,1-3H3. The van der Waals surface area contributed by atoms with Gasteiger partial charge in [-0.15, -0.1) is 0 Å². The van der Waals surface area contributed by atoms with Crippen LogP contribution in [0.2, 0.25) is 0 Å². The molecular formula is C11H16O4. The number of aliphatic hydroxyl groups excluding tert-OH is 2. The Morgan fingerprint density at radius 2 is 2.07 bits per heavy atom. The van der Waals surface area contributed by atoms with E-state index in [4.69, 9.17) is 5.11 Å². The second kappa shape index (κ2) is 3.77. The second-order valence-electron chi connectivity index (χ2n) is 4.66. The molecule has 1 aliphatic carbocycles. The average molecular weight is 212 g/mol. The maximum atomic E-state index is 11.9. The van der Waals surface area contributed by atoms with Gasteiger partial charge in [0.15, 0.2) is 11.6 Å². The average Bonchev–Trinajstić information content (AvgIpc) is 2.14. The number of carbonyl (C=O) groups is 2. The van der Waals surface area contributed by atoms with Crippen molar-refractivity contribution in [2.75, 3.05) is 6.61 Å². The van der Waals surface area contributed by atoms with Crippen molar-refractivity contribution >= 4 is 11.6 Å². The monoisotopic (exact) mass is 212 g/mol. The van der Waals surface area contributed by atoms with Gasteiger partial charge in [0.2, 0.25) is 0 Å². The molecule has 0 aromatic rings. The summed E-state index contributed by atoms with van der Waals surface area (Å²) in [6.07, 6.45) is 0.514. The summed E-state index contributed by atoms with van der Waals surface area (Å²) in [5.41, 5.74) is -0.868. The Kier molecular flexibility index (Phi) is 3.00. The number of hydrogen-bond acceptors (Lipinski definition) is 4. The van der Waals surface area contributed by atoms with Crippen LogP contribution in [0.1, 0.15) is 27.2 Å². The van der Waals surface area contributed by atoms with E-state index in [9.17, 15) is 14.7 Å². The Labute approximate surface area is 88.6 Å². The fourth-order valence-corrected chi connectivity index (χ4v) is 2.00. The summed E-state index contributed by atoms with van der Waals surface area (Å²) in [4.78, 5) is 23.2. The zero-order valence-corrected chi connectivity index (χ0v) is 9.20. The molecule has 0 saturated carbocycles. The molecular weight excluding hydrogens is 196 g/mol. The van der Waals surface area contributed by atoms with Gasteiger partial charge in [-0.05, 0) is 6.42 Å². The molecule has 2 N–H and O–H groups in total. The van der Waals surface area contributed by atoms with Crippen LogP contribution >= 0.6 is 0 Å². The zero-order valence-electron chi connectivity index (χ0n) is 9.20. The first-order valence-corrected chi connectivity index (χ1v) is 4.93. The molecule has 1 atom stereocenters. The van der Waals surface area contributed by atoms with Gasteiger partial charge < -0.3 is 10.2 Å². The summed E-state index contributed by atoms with van der Waals surface area (Å²) in [7, 11) is 0. The van der Waals surface area contributed by atoms with Gasteiger partial charge in [0.05, 0.1) is 0 Å². The lowest BCUT2D eigenvalue weighted by atomic mass is 9.70. The van der Waals surface area contributed by atoms with Gasteiger partial charge in [0.1, 0.15) is 17.9 Å². The molecule has 0 radical (unpaired) electrons. The van der Waals surface area contributed by atoms with Crippen molar-refractivity contribution < 1.29 is 19.8 Å². The summed E-state index contributed by atoms with van der Waals surface area (Å²) >= 11 is 0. The highest BCUT2D eigenvalue weighted by molar-refractivity contribution is 6.23. The lowest BCUT2D eigenvalue weighted by Crippen LogP contribution is -2.37. The Balaban J connectivity index is 3.24. The van der Waals surface area contributed by atoms with E-state index in [-0.39, 0.29) is 23.0 Å². The van der Waals surface area contributed by atoms with E-state index in [0.29, 0.717) is 6.42 Å². The summed E-state index contributed by atoms with van der Waals surface area (Å²) in [6, 6.07) is 0. The van der Waals surface area contributed by atoms with E-state index in [2.05, 4.69) is 0 Å². The molecule has 0 fully saturated rings. The minimum Gasteiger partial charge on any atom is -0.511 e. The van der Waals surface area contributed by atoms with E-state index in [1.54, 1.807) is 20.8 Å². The van der Waals surface area contributed by atoms with Crippen molar-refractivity contribution in [2.45, 2.75) is 27.2 Å². The predicted octanol–water partition coefficient (Wildman–Crippen LogP) is 0.995. The first kappa shape index (κ1) is 11.9. The molecule has 1 aliphatic rings. The number of carbonyl (C=O) groups excluding carboxylic acids is 2. The molecule has 84 valence electrons. The van der Waals surface area contributed by atoms with Crippen LogP contribution in [0.4, 0.5) is 0 Å². The van der Waals surface area contributed by atoms with E-state index >= 15 is 0 Å². The third-order valence-electron chi connectivity index (χ3n) is 2.80. The van der Waals surface area contributed by atoms with Gasteiger partial charge in [-0.25, -0.2) is 0 Å². The van der Waals surface area contributed by atoms with E-state index in [1.165, 1.54) is 0 Å². The molecule has 0 heterocycles. The maximum absolute atomic E-state index is 11.9. The van der Waals surface area contributed by atoms with E-state index in [0.717, 1.165) is 0 Å². The molecule has 0 amide bonds. The molecule has 4 heteroatoms. The van der Waals surface area contributed by atoms with Crippen molar-refractivity contribution in [3.63, 3.8) is 0 Å². The van der Waals surface area contributed by atoms with Crippen LogP contribution in [0, 0.1) is 11.3 Å². The molecule has 0 aliphatic heterocycles. The topological polar surface area (TPSA) is 74.6 Å². The number of allylic oxidation sites excluding steroid dienone is 1. The number of ketones is 2. The smallest absolute Gasteiger partial charge is 0.195 e. The third kappa shape index (κ3) is 1.95. The molecule has 0 aromatic carbocycles. The van der Waals surface area contributed by atoms with Crippen LogP contribution in [-0.4, -0.2) is 28.4 Å². The van der Waals surface area contributed by atoms with Crippen LogP contribution in [0.3, 0.4) is 0 Å². The minimum atomic E-state index is -0.742. The minimum absolute atomic E-state index is 0.182. The summed E-state index contributed by atoms with van der Waals surface area (Å²) in [6.45, 7) is 4.49. The van der Waals surface area contributed by atoms with Gasteiger partial charge in [0, 0.05) is 11.3 Å². The summed E-state index contributed by atoms with van der Waals surface area (Å²) < 4.78 is 0. The lowest BCUT2D eigenvalue weighted by Gasteiger charge is -2.32.